The molecule has 0 N–H and O–H groups in total. The zero-order valence-corrected chi connectivity index (χ0v) is 10.8. The molecular weight excluding hydrogens is 232 g/mol. The molecule has 0 bridgehead atoms. The molecule has 1 atom stereocenters. The number of aldehydes is 1. The van der Waals surface area contributed by atoms with Gasteiger partial charge in [-0.2, -0.15) is 0 Å². The number of allylic oxidation sites excluding steroid dienone is 4. The lowest BCUT2D eigenvalue weighted by Crippen LogP contribution is -2.02. The topological polar surface area (TPSA) is 17.1 Å². The van der Waals surface area contributed by atoms with Crippen LogP contribution in [-0.2, 0) is 4.79 Å². The average molecular weight is 248 g/mol. The van der Waals surface area contributed by atoms with Gasteiger partial charge in [-0.05, 0) is 22.8 Å². The first-order chi connectivity index (χ1) is 9.38. The van der Waals surface area contributed by atoms with Crippen molar-refractivity contribution in [1.29, 1.82) is 0 Å². The summed E-state index contributed by atoms with van der Waals surface area (Å²) in [6, 6.07) is 14.8. The summed E-state index contributed by atoms with van der Waals surface area (Å²) in [5, 5.41) is 2.48. The Morgan fingerprint density at radius 1 is 1.11 bits per heavy atom. The van der Waals surface area contributed by atoms with Crippen molar-refractivity contribution in [3.63, 3.8) is 0 Å². The molecule has 0 fully saturated rings. The van der Waals surface area contributed by atoms with Gasteiger partial charge in [-0.25, -0.2) is 0 Å². The highest BCUT2D eigenvalue weighted by Gasteiger charge is 2.17. The van der Waals surface area contributed by atoms with Crippen LogP contribution in [-0.4, -0.2) is 6.29 Å². The molecule has 1 nitrogen and oxygen atoms in total. The minimum Gasteiger partial charge on any atom is -0.303 e. The molecular formula is C18H16O. The summed E-state index contributed by atoms with van der Waals surface area (Å²) in [5.74, 6) is 0.220. The Hall–Kier alpha value is -2.15. The van der Waals surface area contributed by atoms with Crippen LogP contribution in [0.4, 0.5) is 0 Å². The van der Waals surface area contributed by atoms with Crippen molar-refractivity contribution in [2.75, 3.05) is 0 Å². The van der Waals surface area contributed by atoms with Crippen LogP contribution in [0.25, 0.3) is 10.8 Å². The van der Waals surface area contributed by atoms with Crippen molar-refractivity contribution in [3.8, 4) is 0 Å². The summed E-state index contributed by atoms with van der Waals surface area (Å²) in [5.41, 5.74) is 2.57. The van der Waals surface area contributed by atoms with Gasteiger partial charge in [0.15, 0.2) is 0 Å². The van der Waals surface area contributed by atoms with Crippen LogP contribution >= 0.6 is 0 Å². The molecule has 1 aliphatic carbocycles. The van der Waals surface area contributed by atoms with E-state index in [9.17, 15) is 4.79 Å². The van der Waals surface area contributed by atoms with Gasteiger partial charge in [0, 0.05) is 12.3 Å². The molecule has 0 saturated heterocycles. The van der Waals surface area contributed by atoms with Gasteiger partial charge in [-0.1, -0.05) is 66.3 Å². The van der Waals surface area contributed by atoms with Crippen LogP contribution in [0.5, 0.6) is 0 Å². The molecule has 3 rings (SSSR count). The van der Waals surface area contributed by atoms with Gasteiger partial charge in [0.1, 0.15) is 6.29 Å². The van der Waals surface area contributed by atoms with E-state index in [1.165, 1.54) is 21.9 Å². The fourth-order valence-corrected chi connectivity index (χ4v) is 2.74. The van der Waals surface area contributed by atoms with Crippen molar-refractivity contribution in [2.24, 2.45) is 0 Å². The summed E-state index contributed by atoms with van der Waals surface area (Å²) in [7, 11) is 0. The first-order valence-electron chi connectivity index (χ1n) is 6.66. The van der Waals surface area contributed by atoms with Crippen molar-refractivity contribution >= 4 is 17.1 Å². The van der Waals surface area contributed by atoms with Gasteiger partial charge in [-0.3, -0.25) is 0 Å². The summed E-state index contributed by atoms with van der Waals surface area (Å²) >= 11 is 0. The number of rotatable bonds is 4. The number of carbonyl (C=O) groups excluding carboxylic acids is 1. The van der Waals surface area contributed by atoms with E-state index in [0.29, 0.717) is 6.42 Å². The van der Waals surface area contributed by atoms with E-state index in [-0.39, 0.29) is 5.92 Å². The van der Waals surface area contributed by atoms with Crippen molar-refractivity contribution in [2.45, 2.75) is 18.8 Å². The van der Waals surface area contributed by atoms with Crippen LogP contribution in [0.2, 0.25) is 0 Å². The smallest absolute Gasteiger partial charge is 0.120 e. The minimum absolute atomic E-state index is 0.220. The maximum atomic E-state index is 11.0. The van der Waals surface area contributed by atoms with E-state index in [1.807, 2.05) is 6.07 Å². The molecule has 0 heterocycles. The van der Waals surface area contributed by atoms with Crippen LogP contribution in [0.3, 0.4) is 0 Å². The van der Waals surface area contributed by atoms with Crippen molar-refractivity contribution in [3.05, 3.63) is 71.8 Å². The van der Waals surface area contributed by atoms with Gasteiger partial charge >= 0.3 is 0 Å². The third-order valence-electron chi connectivity index (χ3n) is 3.76. The predicted molar refractivity (Wildman–Crippen MR) is 79.2 cm³/mol. The maximum Gasteiger partial charge on any atom is 0.120 e. The molecule has 2 aromatic rings. The Labute approximate surface area is 113 Å². The molecule has 1 aliphatic rings. The molecule has 0 amide bonds. The normalized spacial score (nSPS) is 15.5. The van der Waals surface area contributed by atoms with E-state index in [0.717, 1.165) is 12.7 Å². The molecule has 0 aromatic heterocycles. The highest BCUT2D eigenvalue weighted by molar-refractivity contribution is 5.83. The Morgan fingerprint density at radius 2 is 1.95 bits per heavy atom. The average Bonchev–Trinajstić information content (AvgIpc) is 2.98. The first kappa shape index (κ1) is 11.9. The summed E-state index contributed by atoms with van der Waals surface area (Å²) in [4.78, 5) is 11.0. The van der Waals surface area contributed by atoms with Crippen LogP contribution in [0, 0.1) is 0 Å². The third kappa shape index (κ3) is 2.37. The second-order valence-corrected chi connectivity index (χ2v) is 4.94. The standard InChI is InChI=1S/C18H16O/c19-12-11-18(15-6-2-3-7-15)17-10-9-14-5-1-4-8-16(14)13-17/h1-6,8-10,12-13,18H,7,11H2/t18-/m1/s1. The molecule has 1 heteroatoms. The van der Waals surface area contributed by atoms with E-state index in [1.54, 1.807) is 0 Å². The lowest BCUT2D eigenvalue weighted by Gasteiger charge is -2.17. The predicted octanol–water partition coefficient (Wildman–Crippen LogP) is 4.40. The Bertz CT molecular complexity index is 664. The molecule has 0 unspecified atom stereocenters. The fourth-order valence-electron chi connectivity index (χ4n) is 2.74. The lowest BCUT2D eigenvalue weighted by atomic mass is 9.87. The monoisotopic (exact) mass is 248 g/mol. The summed E-state index contributed by atoms with van der Waals surface area (Å²) in [6.07, 6.45) is 8.92. The molecule has 0 radical (unpaired) electrons. The molecule has 19 heavy (non-hydrogen) atoms. The summed E-state index contributed by atoms with van der Waals surface area (Å²) in [6.45, 7) is 0. The zero-order valence-electron chi connectivity index (χ0n) is 10.8. The molecule has 2 aromatic carbocycles. The second-order valence-electron chi connectivity index (χ2n) is 4.94. The van der Waals surface area contributed by atoms with E-state index in [4.69, 9.17) is 0 Å². The first-order valence-corrected chi connectivity index (χ1v) is 6.66. The number of carbonyl (C=O) groups is 1. The lowest BCUT2D eigenvalue weighted by molar-refractivity contribution is -0.108. The van der Waals surface area contributed by atoms with E-state index < -0.39 is 0 Å². The second kappa shape index (κ2) is 5.23. The Kier molecular flexibility index (Phi) is 3.28. The van der Waals surface area contributed by atoms with Crippen LogP contribution in [0.1, 0.15) is 24.3 Å². The third-order valence-corrected chi connectivity index (χ3v) is 3.76. The zero-order chi connectivity index (χ0) is 13.1. The largest absolute Gasteiger partial charge is 0.303 e. The van der Waals surface area contributed by atoms with Gasteiger partial charge in [0.2, 0.25) is 0 Å². The Morgan fingerprint density at radius 3 is 2.68 bits per heavy atom. The van der Waals surface area contributed by atoms with Gasteiger partial charge in [-0.15, -0.1) is 0 Å². The Balaban J connectivity index is 2.02. The van der Waals surface area contributed by atoms with Gasteiger partial charge in [0.25, 0.3) is 0 Å². The van der Waals surface area contributed by atoms with E-state index >= 15 is 0 Å². The van der Waals surface area contributed by atoms with Crippen LogP contribution in [0.15, 0.2) is 66.3 Å². The van der Waals surface area contributed by atoms with Crippen LogP contribution < -0.4 is 0 Å². The molecule has 0 saturated carbocycles. The fraction of sp³-hybridized carbons (Fsp3) is 0.167. The molecule has 94 valence electrons. The number of hydrogen-bond acceptors (Lipinski definition) is 1. The SMILES string of the molecule is O=CC[C@H](C1=CC=CC1)c1ccc2ccccc2c1. The van der Waals surface area contributed by atoms with Gasteiger partial charge < -0.3 is 4.79 Å². The highest BCUT2D eigenvalue weighted by atomic mass is 16.1. The number of benzene rings is 2. The molecule has 0 spiro atoms. The van der Waals surface area contributed by atoms with Crippen molar-refractivity contribution in [1.82, 2.24) is 0 Å². The number of fused-ring (bicyclic) bond motifs is 1. The highest BCUT2D eigenvalue weighted by Crippen LogP contribution is 2.33. The quantitative estimate of drug-likeness (QED) is 0.733. The minimum atomic E-state index is 0.220. The van der Waals surface area contributed by atoms with Gasteiger partial charge in [0.05, 0.1) is 0 Å². The van der Waals surface area contributed by atoms with Crippen molar-refractivity contribution < 1.29 is 4.79 Å². The summed E-state index contributed by atoms with van der Waals surface area (Å²) < 4.78 is 0. The number of hydrogen-bond donors (Lipinski definition) is 0. The van der Waals surface area contributed by atoms with E-state index in [2.05, 4.69) is 54.6 Å². The molecule has 0 aliphatic heterocycles. The maximum absolute atomic E-state index is 11.0.